The highest BCUT2D eigenvalue weighted by molar-refractivity contribution is 9.10. The molecule has 5 heteroatoms. The van der Waals surface area contributed by atoms with E-state index < -0.39 is 18.2 Å². The second-order valence-electron chi connectivity index (χ2n) is 2.12. The standard InChI is InChI=1S/C7H4BrClF2O/c8-5-4(10)1-3(2-12)7(11)6(5)9/h1,12H,2H2. The maximum atomic E-state index is 13.0. The topological polar surface area (TPSA) is 20.2 Å². The Morgan fingerprint density at radius 3 is 2.58 bits per heavy atom. The van der Waals surface area contributed by atoms with Gasteiger partial charge in [-0.1, -0.05) is 11.6 Å². The van der Waals surface area contributed by atoms with E-state index in [-0.39, 0.29) is 15.1 Å². The minimum atomic E-state index is -0.799. The first kappa shape index (κ1) is 9.89. The Kier molecular flexibility index (Phi) is 3.04. The van der Waals surface area contributed by atoms with E-state index in [0.29, 0.717) is 0 Å². The van der Waals surface area contributed by atoms with Crippen molar-refractivity contribution in [3.05, 3.63) is 32.8 Å². The summed E-state index contributed by atoms with van der Waals surface area (Å²) in [5, 5.41) is 8.23. The average Bonchev–Trinajstić information content (AvgIpc) is 2.08. The fraction of sp³-hybridized carbons (Fsp3) is 0.143. The number of halogens is 4. The fourth-order valence-electron chi connectivity index (χ4n) is 0.737. The van der Waals surface area contributed by atoms with Crippen LogP contribution in [0.5, 0.6) is 0 Å². The molecule has 0 spiro atoms. The molecule has 0 heterocycles. The first-order valence-electron chi connectivity index (χ1n) is 3.00. The second kappa shape index (κ2) is 3.68. The molecule has 1 aromatic rings. The van der Waals surface area contributed by atoms with Crippen LogP contribution in [0.2, 0.25) is 5.02 Å². The highest BCUT2D eigenvalue weighted by Crippen LogP contribution is 2.30. The van der Waals surface area contributed by atoms with Gasteiger partial charge in [0.1, 0.15) is 11.6 Å². The van der Waals surface area contributed by atoms with E-state index in [9.17, 15) is 8.78 Å². The van der Waals surface area contributed by atoms with Gasteiger partial charge in [-0.2, -0.15) is 0 Å². The highest BCUT2D eigenvalue weighted by Gasteiger charge is 2.14. The fourth-order valence-corrected chi connectivity index (χ4v) is 1.24. The Balaban J connectivity index is 3.39. The molecule has 1 rings (SSSR count). The lowest BCUT2D eigenvalue weighted by Gasteiger charge is -2.03. The normalized spacial score (nSPS) is 10.4. The lowest BCUT2D eigenvalue weighted by Crippen LogP contribution is -1.94. The Morgan fingerprint density at radius 2 is 2.08 bits per heavy atom. The van der Waals surface area contributed by atoms with Crippen molar-refractivity contribution in [3.8, 4) is 0 Å². The molecule has 1 nitrogen and oxygen atoms in total. The molecule has 0 fully saturated rings. The van der Waals surface area contributed by atoms with E-state index in [1.807, 2.05) is 0 Å². The van der Waals surface area contributed by atoms with Gasteiger partial charge in [-0.05, 0) is 22.0 Å². The summed E-state index contributed by atoms with van der Waals surface area (Å²) >= 11 is 8.16. The molecule has 0 amide bonds. The van der Waals surface area contributed by atoms with Crippen LogP contribution >= 0.6 is 27.5 Å². The molecule has 0 atom stereocenters. The predicted octanol–water partition coefficient (Wildman–Crippen LogP) is 2.87. The van der Waals surface area contributed by atoms with Crippen LogP contribution in [0.3, 0.4) is 0 Å². The third-order valence-corrected chi connectivity index (χ3v) is 2.71. The van der Waals surface area contributed by atoms with Gasteiger partial charge < -0.3 is 5.11 Å². The third-order valence-electron chi connectivity index (χ3n) is 1.35. The van der Waals surface area contributed by atoms with Gasteiger partial charge in [0.15, 0.2) is 0 Å². The molecule has 1 N–H and O–H groups in total. The summed E-state index contributed by atoms with van der Waals surface area (Å²) in [6.07, 6.45) is 0. The van der Waals surface area contributed by atoms with Crippen molar-refractivity contribution in [2.45, 2.75) is 6.61 Å². The quantitative estimate of drug-likeness (QED) is 0.606. The minimum Gasteiger partial charge on any atom is -0.392 e. The molecule has 0 saturated heterocycles. The number of aliphatic hydroxyl groups is 1. The van der Waals surface area contributed by atoms with Gasteiger partial charge >= 0.3 is 0 Å². The largest absolute Gasteiger partial charge is 0.392 e. The van der Waals surface area contributed by atoms with Crippen molar-refractivity contribution < 1.29 is 13.9 Å². The van der Waals surface area contributed by atoms with Gasteiger partial charge in [-0.15, -0.1) is 0 Å². The van der Waals surface area contributed by atoms with Crippen LogP contribution in [0, 0.1) is 11.6 Å². The molecule has 12 heavy (non-hydrogen) atoms. The minimum absolute atomic E-state index is 0.126. The highest BCUT2D eigenvalue weighted by atomic mass is 79.9. The molecule has 66 valence electrons. The van der Waals surface area contributed by atoms with E-state index in [1.54, 1.807) is 0 Å². The van der Waals surface area contributed by atoms with Gasteiger partial charge in [0.2, 0.25) is 0 Å². The van der Waals surface area contributed by atoms with Crippen molar-refractivity contribution in [3.63, 3.8) is 0 Å². The Bertz CT molecular complexity index is 317. The maximum absolute atomic E-state index is 13.0. The van der Waals surface area contributed by atoms with Crippen molar-refractivity contribution in [2.24, 2.45) is 0 Å². The van der Waals surface area contributed by atoms with Crippen LogP contribution in [0.4, 0.5) is 8.78 Å². The van der Waals surface area contributed by atoms with Crippen molar-refractivity contribution >= 4 is 27.5 Å². The average molecular weight is 257 g/mol. The molecule has 0 aliphatic rings. The molecular weight excluding hydrogens is 253 g/mol. The Labute approximate surface area is 81.1 Å². The lowest BCUT2D eigenvalue weighted by molar-refractivity contribution is 0.275. The molecule has 0 saturated carbocycles. The van der Waals surface area contributed by atoms with Crippen LogP contribution in [0.25, 0.3) is 0 Å². The number of rotatable bonds is 1. The van der Waals surface area contributed by atoms with Gasteiger partial charge in [-0.25, -0.2) is 8.78 Å². The molecule has 0 radical (unpaired) electrons. The van der Waals surface area contributed by atoms with Crippen LogP contribution in [0.1, 0.15) is 5.56 Å². The maximum Gasteiger partial charge on any atom is 0.148 e. The number of aliphatic hydroxyl groups excluding tert-OH is 1. The van der Waals surface area contributed by atoms with Crippen molar-refractivity contribution in [2.75, 3.05) is 0 Å². The SMILES string of the molecule is OCc1cc(F)c(Br)c(Cl)c1F. The summed E-state index contributed by atoms with van der Waals surface area (Å²) in [7, 11) is 0. The van der Waals surface area contributed by atoms with Gasteiger partial charge in [0.25, 0.3) is 0 Å². The van der Waals surface area contributed by atoms with E-state index >= 15 is 0 Å². The molecule has 1 aromatic carbocycles. The van der Waals surface area contributed by atoms with Gasteiger partial charge in [0.05, 0.1) is 16.1 Å². The number of benzene rings is 1. The molecule has 0 bridgehead atoms. The lowest BCUT2D eigenvalue weighted by atomic mass is 10.2. The second-order valence-corrected chi connectivity index (χ2v) is 3.29. The molecular formula is C7H4BrClF2O. The summed E-state index contributed by atoms with van der Waals surface area (Å²) in [6, 6.07) is 0.894. The molecule has 0 aliphatic carbocycles. The Morgan fingerprint density at radius 1 is 1.50 bits per heavy atom. The number of hydrogen-bond acceptors (Lipinski definition) is 1. The first-order chi connectivity index (χ1) is 5.57. The summed E-state index contributed by atoms with van der Waals surface area (Å²) < 4.78 is 25.6. The zero-order chi connectivity index (χ0) is 9.30. The first-order valence-corrected chi connectivity index (χ1v) is 4.17. The molecule has 0 unspecified atom stereocenters. The van der Waals surface area contributed by atoms with Crippen LogP contribution in [0.15, 0.2) is 10.5 Å². The number of hydrogen-bond donors (Lipinski definition) is 1. The van der Waals surface area contributed by atoms with Crippen LogP contribution in [-0.4, -0.2) is 5.11 Å². The smallest absolute Gasteiger partial charge is 0.148 e. The summed E-state index contributed by atoms with van der Waals surface area (Å²) in [5.41, 5.74) is -0.152. The summed E-state index contributed by atoms with van der Waals surface area (Å²) in [5.74, 6) is -1.49. The van der Waals surface area contributed by atoms with E-state index in [0.717, 1.165) is 6.07 Å². The van der Waals surface area contributed by atoms with E-state index in [2.05, 4.69) is 15.9 Å². The van der Waals surface area contributed by atoms with Gasteiger partial charge in [0, 0.05) is 5.56 Å². The predicted molar refractivity (Wildman–Crippen MR) is 45.0 cm³/mol. The summed E-state index contributed by atoms with van der Waals surface area (Å²) in [4.78, 5) is 0. The monoisotopic (exact) mass is 256 g/mol. The zero-order valence-electron chi connectivity index (χ0n) is 5.74. The third kappa shape index (κ3) is 1.60. The van der Waals surface area contributed by atoms with Crippen molar-refractivity contribution in [1.82, 2.24) is 0 Å². The van der Waals surface area contributed by atoms with Crippen LogP contribution in [-0.2, 0) is 6.61 Å². The summed E-state index contributed by atoms with van der Waals surface area (Å²) in [6.45, 7) is -0.574. The Hall–Kier alpha value is -0.190. The zero-order valence-corrected chi connectivity index (χ0v) is 8.09. The van der Waals surface area contributed by atoms with E-state index in [4.69, 9.17) is 16.7 Å². The van der Waals surface area contributed by atoms with Gasteiger partial charge in [-0.3, -0.25) is 0 Å². The van der Waals surface area contributed by atoms with E-state index in [1.165, 1.54) is 0 Å². The van der Waals surface area contributed by atoms with Crippen molar-refractivity contribution in [1.29, 1.82) is 0 Å². The molecule has 0 aliphatic heterocycles. The van der Waals surface area contributed by atoms with Crippen LogP contribution < -0.4 is 0 Å². The molecule has 0 aromatic heterocycles.